The van der Waals surface area contributed by atoms with E-state index >= 15 is 0 Å². The Morgan fingerprint density at radius 1 is 1.61 bits per heavy atom. The molecule has 0 amide bonds. The summed E-state index contributed by atoms with van der Waals surface area (Å²) in [5, 5.41) is 9.07. The first-order valence-corrected chi connectivity index (χ1v) is 9.62. The van der Waals surface area contributed by atoms with Gasteiger partial charge >= 0.3 is 0 Å². The van der Waals surface area contributed by atoms with Crippen LogP contribution in [-0.2, 0) is 16.6 Å². The second kappa shape index (κ2) is 5.80. The maximum Gasteiger partial charge on any atom is 0.245 e. The van der Waals surface area contributed by atoms with Crippen LogP contribution in [0.25, 0.3) is 0 Å². The Kier molecular flexibility index (Phi) is 4.77. The van der Waals surface area contributed by atoms with Crippen LogP contribution in [0.1, 0.15) is 11.3 Å². The van der Waals surface area contributed by atoms with Gasteiger partial charge in [-0.2, -0.15) is 16.1 Å². The van der Waals surface area contributed by atoms with Gasteiger partial charge in [-0.3, -0.25) is 0 Å². The Morgan fingerprint density at radius 2 is 2.33 bits per heavy atom. The molecule has 1 atom stereocenters. The van der Waals surface area contributed by atoms with Gasteiger partial charge < -0.3 is 5.11 Å². The van der Waals surface area contributed by atoms with E-state index in [1.165, 1.54) is 15.6 Å². The van der Waals surface area contributed by atoms with Gasteiger partial charge in [0.05, 0.1) is 10.4 Å². The Labute approximate surface area is 124 Å². The van der Waals surface area contributed by atoms with Crippen LogP contribution in [-0.4, -0.2) is 42.4 Å². The Hall–Kier alpha value is 0.400. The highest BCUT2D eigenvalue weighted by molar-refractivity contribution is 9.11. The minimum absolute atomic E-state index is 0.0735. The molecule has 0 radical (unpaired) electrons. The first-order chi connectivity index (χ1) is 8.46. The van der Waals surface area contributed by atoms with E-state index in [9.17, 15) is 8.42 Å². The molecule has 1 aliphatic rings. The second-order valence-corrected chi connectivity index (χ2v) is 9.62. The molecule has 1 saturated heterocycles. The molecule has 102 valence electrons. The van der Waals surface area contributed by atoms with Gasteiger partial charge in [-0.15, -0.1) is 11.3 Å². The molecular formula is C10H14BrNO3S3. The van der Waals surface area contributed by atoms with Gasteiger partial charge in [0.2, 0.25) is 10.0 Å². The summed E-state index contributed by atoms with van der Waals surface area (Å²) in [7, 11) is -1.84. The van der Waals surface area contributed by atoms with Gasteiger partial charge in [-0.1, -0.05) is 0 Å². The molecule has 8 heteroatoms. The number of aliphatic hydroxyl groups excluding tert-OH is 1. The summed E-state index contributed by atoms with van der Waals surface area (Å²) in [6.45, 7) is -0.137. The number of halogens is 1. The highest BCUT2D eigenvalue weighted by Gasteiger charge is 2.32. The summed E-state index contributed by atoms with van der Waals surface area (Å²) >= 11 is 6.30. The molecule has 4 nitrogen and oxygen atoms in total. The van der Waals surface area contributed by atoms with Crippen molar-refractivity contribution in [2.24, 2.45) is 0 Å². The van der Waals surface area contributed by atoms with Crippen LogP contribution < -0.4 is 0 Å². The zero-order valence-corrected chi connectivity index (χ0v) is 13.8. The molecule has 1 aliphatic heterocycles. The number of thioether (sulfide) groups is 1. The summed E-state index contributed by atoms with van der Waals surface area (Å²) in [6.07, 6.45) is 0.898. The van der Waals surface area contributed by atoms with Crippen molar-refractivity contribution in [1.29, 1.82) is 0 Å². The number of hydrogen-bond donors (Lipinski definition) is 1. The summed E-state index contributed by atoms with van der Waals surface area (Å²) in [6, 6.07) is 1.62. The fraction of sp³-hybridized carbons (Fsp3) is 0.600. The molecule has 0 aromatic carbocycles. The molecule has 2 heterocycles. The van der Waals surface area contributed by atoms with Crippen LogP contribution in [0.2, 0.25) is 0 Å². The number of rotatable bonds is 4. The van der Waals surface area contributed by atoms with Gasteiger partial charge in [-0.25, -0.2) is 8.42 Å². The fourth-order valence-electron chi connectivity index (χ4n) is 1.81. The minimum Gasteiger partial charge on any atom is -0.391 e. The third kappa shape index (κ3) is 2.78. The number of thiophene rings is 1. The van der Waals surface area contributed by atoms with E-state index in [0.29, 0.717) is 8.66 Å². The highest BCUT2D eigenvalue weighted by Crippen LogP contribution is 2.35. The van der Waals surface area contributed by atoms with Crippen LogP contribution in [0, 0.1) is 0 Å². The Morgan fingerprint density at radius 3 is 2.83 bits per heavy atom. The van der Waals surface area contributed by atoms with Crippen LogP contribution in [0.15, 0.2) is 14.7 Å². The van der Waals surface area contributed by atoms with Crippen LogP contribution >= 0.6 is 39.0 Å². The van der Waals surface area contributed by atoms with Gasteiger partial charge in [0, 0.05) is 23.7 Å². The maximum absolute atomic E-state index is 12.5. The molecule has 1 aromatic heterocycles. The third-order valence-corrected chi connectivity index (χ3v) is 8.23. The van der Waals surface area contributed by atoms with E-state index in [-0.39, 0.29) is 17.5 Å². The molecular weight excluding hydrogens is 358 g/mol. The van der Waals surface area contributed by atoms with E-state index in [1.807, 2.05) is 0 Å². The van der Waals surface area contributed by atoms with Gasteiger partial charge in [-0.05, 0) is 34.2 Å². The first kappa shape index (κ1) is 14.8. The summed E-state index contributed by atoms with van der Waals surface area (Å²) in [4.78, 5) is 0.908. The van der Waals surface area contributed by atoms with Crippen molar-refractivity contribution in [2.75, 3.05) is 18.6 Å². The average Bonchev–Trinajstić information content (AvgIpc) is 2.96. The first-order valence-electron chi connectivity index (χ1n) is 5.41. The van der Waals surface area contributed by atoms with Crippen LogP contribution in [0.4, 0.5) is 0 Å². The molecule has 0 saturated carbocycles. The van der Waals surface area contributed by atoms with Crippen molar-refractivity contribution >= 4 is 49.1 Å². The zero-order valence-electron chi connectivity index (χ0n) is 9.80. The number of sulfonamides is 1. The predicted molar refractivity (Wildman–Crippen MR) is 78.6 cm³/mol. The van der Waals surface area contributed by atoms with Gasteiger partial charge in [0.15, 0.2) is 0 Å². The lowest BCUT2D eigenvalue weighted by Crippen LogP contribution is -2.36. The van der Waals surface area contributed by atoms with Crippen LogP contribution in [0.3, 0.4) is 0 Å². The second-order valence-electron chi connectivity index (χ2n) is 4.05. The number of nitrogens with zero attached hydrogens (tertiary/aromatic N) is 1. The summed E-state index contributed by atoms with van der Waals surface area (Å²) in [5.41, 5.74) is 0. The molecule has 1 fully saturated rings. The molecule has 1 N–H and O–H groups in total. The van der Waals surface area contributed by atoms with Gasteiger partial charge in [0.25, 0.3) is 0 Å². The smallest absolute Gasteiger partial charge is 0.245 e. The fourth-order valence-corrected chi connectivity index (χ4v) is 7.05. The molecule has 2 rings (SSSR count). The largest absolute Gasteiger partial charge is 0.391 e. The van der Waals surface area contributed by atoms with E-state index in [2.05, 4.69) is 15.9 Å². The zero-order chi connectivity index (χ0) is 13.3. The summed E-state index contributed by atoms with van der Waals surface area (Å²) in [5.74, 6) is 1.86. The van der Waals surface area contributed by atoms with E-state index in [4.69, 9.17) is 5.11 Å². The lowest BCUT2D eigenvalue weighted by Gasteiger charge is -2.22. The van der Waals surface area contributed by atoms with Crippen molar-refractivity contribution in [1.82, 2.24) is 4.31 Å². The molecule has 0 spiro atoms. The van der Waals surface area contributed by atoms with E-state index in [1.54, 1.807) is 24.9 Å². The Balaban J connectivity index is 2.31. The molecule has 1 unspecified atom stereocenters. The number of hydrogen-bond acceptors (Lipinski definition) is 5. The highest BCUT2D eigenvalue weighted by atomic mass is 79.9. The van der Waals surface area contributed by atoms with Crippen molar-refractivity contribution in [3.63, 3.8) is 0 Å². The normalized spacial score (nSPS) is 20.8. The van der Waals surface area contributed by atoms with Crippen molar-refractivity contribution in [2.45, 2.75) is 24.0 Å². The van der Waals surface area contributed by atoms with Crippen molar-refractivity contribution in [3.05, 3.63) is 14.7 Å². The SMILES string of the molecule is CN(C1CCSC1)S(=O)(=O)c1cc(CO)sc1Br. The molecule has 1 aromatic rings. The summed E-state index contributed by atoms with van der Waals surface area (Å²) < 4.78 is 27.0. The van der Waals surface area contributed by atoms with E-state index < -0.39 is 10.0 Å². The lowest BCUT2D eigenvalue weighted by molar-refractivity contribution is 0.285. The number of aliphatic hydroxyl groups is 1. The van der Waals surface area contributed by atoms with Gasteiger partial charge in [0.1, 0.15) is 4.90 Å². The van der Waals surface area contributed by atoms with Crippen LogP contribution in [0.5, 0.6) is 0 Å². The lowest BCUT2D eigenvalue weighted by atomic mass is 10.3. The average molecular weight is 372 g/mol. The minimum atomic E-state index is -3.47. The molecule has 0 aliphatic carbocycles. The van der Waals surface area contributed by atoms with Crippen molar-refractivity contribution < 1.29 is 13.5 Å². The Bertz CT molecular complexity index is 522. The third-order valence-electron chi connectivity index (χ3n) is 2.94. The maximum atomic E-state index is 12.5. The van der Waals surface area contributed by atoms with Crippen molar-refractivity contribution in [3.8, 4) is 0 Å². The standard InChI is InChI=1S/C10H14BrNO3S3/c1-12(7-2-3-16-6-7)18(14,15)9-4-8(5-13)17-10(9)11/h4,7,13H,2-3,5-6H2,1H3. The monoisotopic (exact) mass is 371 g/mol. The topological polar surface area (TPSA) is 57.6 Å². The molecule has 0 bridgehead atoms. The van der Waals surface area contributed by atoms with E-state index in [0.717, 1.165) is 17.9 Å². The molecule has 18 heavy (non-hydrogen) atoms. The predicted octanol–water partition coefficient (Wildman–Crippen LogP) is 2.13. The quantitative estimate of drug-likeness (QED) is 0.880.